The van der Waals surface area contributed by atoms with E-state index in [9.17, 15) is 4.79 Å². The quantitative estimate of drug-likeness (QED) is 0.729. The molecule has 2 saturated heterocycles. The van der Waals surface area contributed by atoms with Gasteiger partial charge in [0.2, 0.25) is 0 Å². The summed E-state index contributed by atoms with van der Waals surface area (Å²) in [5, 5.41) is 2.84. The monoisotopic (exact) mass is 198 g/mol. The Morgan fingerprint density at radius 3 is 3.07 bits per heavy atom. The third-order valence-electron chi connectivity index (χ3n) is 3.11. The van der Waals surface area contributed by atoms with E-state index < -0.39 is 0 Å². The van der Waals surface area contributed by atoms with Gasteiger partial charge in [0.1, 0.15) is 0 Å². The van der Waals surface area contributed by atoms with Crippen molar-refractivity contribution in [2.45, 2.75) is 25.8 Å². The smallest absolute Gasteiger partial charge is 0.317 e. The lowest BCUT2D eigenvalue weighted by Gasteiger charge is -2.26. The molecule has 2 amide bonds. The van der Waals surface area contributed by atoms with Gasteiger partial charge in [-0.05, 0) is 6.42 Å². The number of carbonyl (C=O) groups is 1. The normalized spacial score (nSPS) is 32.4. The van der Waals surface area contributed by atoms with E-state index in [4.69, 9.17) is 4.74 Å². The van der Waals surface area contributed by atoms with Crippen LogP contribution >= 0.6 is 0 Å². The summed E-state index contributed by atoms with van der Waals surface area (Å²) in [6.45, 7) is 5.35. The number of hydrogen-bond donors (Lipinski definition) is 1. The highest BCUT2D eigenvalue weighted by Crippen LogP contribution is 2.24. The molecule has 0 aromatic rings. The first-order valence-electron chi connectivity index (χ1n) is 5.45. The second-order valence-electron chi connectivity index (χ2n) is 4.08. The van der Waals surface area contributed by atoms with Crippen LogP contribution in [0.4, 0.5) is 4.79 Å². The summed E-state index contributed by atoms with van der Waals surface area (Å²) in [6.07, 6.45) is 2.33. The van der Waals surface area contributed by atoms with Crippen LogP contribution in [0.1, 0.15) is 19.8 Å². The lowest BCUT2D eigenvalue weighted by molar-refractivity contribution is 0.160. The molecule has 2 atom stereocenters. The van der Waals surface area contributed by atoms with Crippen LogP contribution in [0.5, 0.6) is 0 Å². The summed E-state index contributed by atoms with van der Waals surface area (Å²) in [4.78, 5) is 13.4. The Hall–Kier alpha value is -0.770. The first kappa shape index (κ1) is 9.77. The Balaban J connectivity index is 1.98. The average Bonchev–Trinajstić information content (AvgIpc) is 2.74. The van der Waals surface area contributed by atoms with E-state index in [1.807, 2.05) is 4.90 Å². The fourth-order valence-electron chi connectivity index (χ4n) is 2.38. The summed E-state index contributed by atoms with van der Waals surface area (Å²) in [5.41, 5.74) is 0. The highest BCUT2D eigenvalue weighted by atomic mass is 16.5. The molecule has 0 bridgehead atoms. The minimum Gasteiger partial charge on any atom is -0.379 e. The molecule has 1 N–H and O–H groups in total. The Kier molecular flexibility index (Phi) is 2.91. The fourth-order valence-corrected chi connectivity index (χ4v) is 2.38. The van der Waals surface area contributed by atoms with Gasteiger partial charge in [-0.2, -0.15) is 0 Å². The van der Waals surface area contributed by atoms with E-state index >= 15 is 0 Å². The Morgan fingerprint density at radius 2 is 2.43 bits per heavy atom. The van der Waals surface area contributed by atoms with Crippen LogP contribution in [-0.4, -0.2) is 43.3 Å². The zero-order chi connectivity index (χ0) is 9.97. The third-order valence-corrected chi connectivity index (χ3v) is 3.11. The summed E-state index contributed by atoms with van der Waals surface area (Å²) in [5.74, 6) is 0.545. The molecule has 14 heavy (non-hydrogen) atoms. The molecule has 2 aliphatic rings. The predicted molar refractivity (Wildman–Crippen MR) is 53.1 cm³/mol. The van der Waals surface area contributed by atoms with Gasteiger partial charge >= 0.3 is 6.03 Å². The third kappa shape index (κ3) is 1.71. The Bertz CT molecular complexity index is 220. The molecule has 0 radical (unpaired) electrons. The van der Waals surface area contributed by atoms with E-state index in [1.54, 1.807) is 0 Å². The number of urea groups is 1. The van der Waals surface area contributed by atoms with Crippen molar-refractivity contribution in [2.24, 2.45) is 5.92 Å². The Morgan fingerprint density at radius 1 is 1.57 bits per heavy atom. The van der Waals surface area contributed by atoms with E-state index in [1.165, 1.54) is 6.42 Å². The van der Waals surface area contributed by atoms with Crippen molar-refractivity contribution in [1.29, 1.82) is 0 Å². The number of hydrogen-bond acceptors (Lipinski definition) is 2. The largest absolute Gasteiger partial charge is 0.379 e. The first-order chi connectivity index (χ1) is 6.83. The average molecular weight is 198 g/mol. The zero-order valence-electron chi connectivity index (χ0n) is 8.66. The number of carbonyl (C=O) groups excluding carboxylic acids is 1. The highest BCUT2D eigenvalue weighted by molar-refractivity contribution is 5.76. The lowest BCUT2D eigenvalue weighted by Crippen LogP contribution is -2.42. The summed E-state index contributed by atoms with van der Waals surface area (Å²) in [6, 6.07) is 0.402. The number of rotatable bonds is 3. The Labute approximate surface area is 84.6 Å². The number of nitrogens with zero attached hydrogens (tertiary/aromatic N) is 1. The molecule has 0 saturated carbocycles. The minimum atomic E-state index is 0.0848. The topological polar surface area (TPSA) is 41.6 Å². The van der Waals surface area contributed by atoms with Crippen molar-refractivity contribution in [1.82, 2.24) is 10.2 Å². The molecule has 2 rings (SSSR count). The molecule has 2 aliphatic heterocycles. The number of amides is 2. The van der Waals surface area contributed by atoms with Gasteiger partial charge in [-0.1, -0.05) is 13.3 Å². The zero-order valence-corrected chi connectivity index (χ0v) is 8.66. The summed E-state index contributed by atoms with van der Waals surface area (Å²) >= 11 is 0. The lowest BCUT2D eigenvalue weighted by atomic mass is 9.97. The second-order valence-corrected chi connectivity index (χ2v) is 4.08. The molecule has 0 aromatic carbocycles. The highest BCUT2D eigenvalue weighted by Gasteiger charge is 2.36. The van der Waals surface area contributed by atoms with Crippen molar-refractivity contribution in [3.05, 3.63) is 0 Å². The van der Waals surface area contributed by atoms with Gasteiger partial charge in [-0.15, -0.1) is 0 Å². The van der Waals surface area contributed by atoms with Crippen molar-refractivity contribution < 1.29 is 9.53 Å². The van der Waals surface area contributed by atoms with Crippen LogP contribution in [0.15, 0.2) is 0 Å². The fraction of sp³-hybridized carbons (Fsp3) is 0.900. The molecular formula is C10H18N2O2. The van der Waals surface area contributed by atoms with E-state index in [0.717, 1.165) is 32.7 Å². The van der Waals surface area contributed by atoms with Crippen LogP contribution < -0.4 is 5.32 Å². The van der Waals surface area contributed by atoms with Crippen LogP contribution in [0.25, 0.3) is 0 Å². The molecule has 0 aliphatic carbocycles. The van der Waals surface area contributed by atoms with Crippen molar-refractivity contribution in [3.63, 3.8) is 0 Å². The summed E-state index contributed by atoms with van der Waals surface area (Å²) in [7, 11) is 0. The maximum absolute atomic E-state index is 11.5. The molecule has 4 heteroatoms. The molecule has 0 aromatic heterocycles. The molecule has 80 valence electrons. The van der Waals surface area contributed by atoms with E-state index in [-0.39, 0.29) is 6.03 Å². The van der Waals surface area contributed by atoms with Gasteiger partial charge in [-0.3, -0.25) is 0 Å². The van der Waals surface area contributed by atoms with Crippen molar-refractivity contribution in [3.8, 4) is 0 Å². The second kappa shape index (κ2) is 4.17. The molecule has 2 fully saturated rings. The van der Waals surface area contributed by atoms with Crippen molar-refractivity contribution in [2.75, 3.05) is 26.3 Å². The standard InChI is InChI=1S/C10H18N2O2/c1-2-3-8-6-14-7-9(8)12-5-4-11-10(12)13/h8-9H,2-7H2,1H3,(H,11,13). The number of ether oxygens (including phenoxy) is 1. The molecular weight excluding hydrogens is 180 g/mol. The molecule has 4 nitrogen and oxygen atoms in total. The van der Waals surface area contributed by atoms with E-state index in [2.05, 4.69) is 12.2 Å². The van der Waals surface area contributed by atoms with Gasteiger partial charge < -0.3 is 15.0 Å². The first-order valence-corrected chi connectivity index (χ1v) is 5.45. The van der Waals surface area contributed by atoms with Crippen molar-refractivity contribution >= 4 is 6.03 Å². The summed E-state index contributed by atoms with van der Waals surface area (Å²) < 4.78 is 5.46. The van der Waals surface area contributed by atoms with Crippen LogP contribution in [0.2, 0.25) is 0 Å². The van der Waals surface area contributed by atoms with Crippen LogP contribution in [0, 0.1) is 5.92 Å². The van der Waals surface area contributed by atoms with Gasteiger partial charge in [0, 0.05) is 19.0 Å². The maximum Gasteiger partial charge on any atom is 0.317 e. The van der Waals surface area contributed by atoms with Crippen LogP contribution in [-0.2, 0) is 4.74 Å². The predicted octanol–water partition coefficient (Wildman–Crippen LogP) is 0.827. The number of nitrogens with one attached hydrogen (secondary N) is 1. The van der Waals surface area contributed by atoms with Gasteiger partial charge in [-0.25, -0.2) is 4.79 Å². The maximum atomic E-state index is 11.5. The molecule has 2 unspecified atom stereocenters. The molecule has 0 spiro atoms. The SMILES string of the molecule is CCCC1COCC1N1CCNC1=O. The van der Waals surface area contributed by atoms with Crippen LogP contribution in [0.3, 0.4) is 0 Å². The van der Waals surface area contributed by atoms with Gasteiger partial charge in [0.05, 0.1) is 19.3 Å². The molecule has 2 heterocycles. The minimum absolute atomic E-state index is 0.0848. The van der Waals surface area contributed by atoms with Gasteiger partial charge in [0.25, 0.3) is 0 Å². The van der Waals surface area contributed by atoms with E-state index in [0.29, 0.717) is 12.0 Å². The van der Waals surface area contributed by atoms with Gasteiger partial charge in [0.15, 0.2) is 0 Å².